The molecule has 0 unspecified atom stereocenters. The molecule has 0 aliphatic carbocycles. The van der Waals surface area contributed by atoms with Crippen LogP contribution in [0.3, 0.4) is 0 Å². The first-order chi connectivity index (χ1) is 9.44. The molecule has 126 valence electrons. The molecule has 0 aliphatic rings. The number of primary amides is 1. The third-order valence-electron chi connectivity index (χ3n) is 2.86. The molecule has 0 saturated heterocycles. The normalized spacial score (nSPS) is 11.7. The molecule has 0 aromatic carbocycles. The van der Waals surface area contributed by atoms with Crippen molar-refractivity contribution in [1.82, 2.24) is 10.6 Å². The maximum Gasteiger partial charge on any atom is 0.224 e. The van der Waals surface area contributed by atoms with E-state index in [1.54, 1.807) is 13.8 Å². The van der Waals surface area contributed by atoms with Crippen LogP contribution in [0.25, 0.3) is 0 Å². The van der Waals surface area contributed by atoms with E-state index in [1.165, 1.54) is 0 Å². The first kappa shape index (κ1) is 22.7. The summed E-state index contributed by atoms with van der Waals surface area (Å²) in [6.07, 6.45) is 2.04. The molecular formula is C14H31IN4O2. The topological polar surface area (TPSA) is 88.7 Å². The Balaban J connectivity index is 0. The number of carbonyl (C=O) groups is 1. The van der Waals surface area contributed by atoms with Gasteiger partial charge in [-0.25, -0.2) is 0 Å². The van der Waals surface area contributed by atoms with Gasteiger partial charge in [0.15, 0.2) is 5.96 Å². The summed E-state index contributed by atoms with van der Waals surface area (Å²) in [7, 11) is 0. The monoisotopic (exact) mass is 414 g/mol. The van der Waals surface area contributed by atoms with Crippen LogP contribution >= 0.6 is 24.0 Å². The number of nitrogens with zero attached hydrogens (tertiary/aromatic N) is 1. The van der Waals surface area contributed by atoms with E-state index in [0.717, 1.165) is 45.1 Å². The van der Waals surface area contributed by atoms with Crippen LogP contribution in [0.2, 0.25) is 0 Å². The summed E-state index contributed by atoms with van der Waals surface area (Å²) in [6.45, 7) is 11.1. The van der Waals surface area contributed by atoms with E-state index >= 15 is 0 Å². The zero-order valence-electron chi connectivity index (χ0n) is 13.7. The fourth-order valence-electron chi connectivity index (χ4n) is 1.38. The summed E-state index contributed by atoms with van der Waals surface area (Å²) < 4.78 is 5.28. The zero-order valence-corrected chi connectivity index (χ0v) is 16.0. The number of hydrogen-bond acceptors (Lipinski definition) is 3. The van der Waals surface area contributed by atoms with Gasteiger partial charge in [-0.15, -0.1) is 24.0 Å². The van der Waals surface area contributed by atoms with Crippen molar-refractivity contribution >= 4 is 35.8 Å². The lowest BCUT2D eigenvalue weighted by Gasteiger charge is -2.19. The maximum atomic E-state index is 11.3. The Morgan fingerprint density at radius 3 is 2.43 bits per heavy atom. The van der Waals surface area contributed by atoms with Crippen LogP contribution in [0, 0.1) is 5.41 Å². The molecule has 0 fully saturated rings. The van der Waals surface area contributed by atoms with E-state index in [-0.39, 0.29) is 29.9 Å². The van der Waals surface area contributed by atoms with Crippen molar-refractivity contribution < 1.29 is 9.53 Å². The van der Waals surface area contributed by atoms with Gasteiger partial charge in [0.25, 0.3) is 0 Å². The second kappa shape index (κ2) is 13.1. The van der Waals surface area contributed by atoms with Crippen molar-refractivity contribution in [3.63, 3.8) is 0 Å². The smallest absolute Gasteiger partial charge is 0.224 e. The second-order valence-electron chi connectivity index (χ2n) is 5.27. The largest absolute Gasteiger partial charge is 0.382 e. The Morgan fingerprint density at radius 1 is 1.24 bits per heavy atom. The highest BCUT2D eigenvalue weighted by molar-refractivity contribution is 14.0. The number of unbranched alkanes of at least 4 members (excludes halogenated alkanes) is 1. The van der Waals surface area contributed by atoms with Crippen molar-refractivity contribution in [3.05, 3.63) is 0 Å². The van der Waals surface area contributed by atoms with Crippen molar-refractivity contribution in [2.24, 2.45) is 16.1 Å². The van der Waals surface area contributed by atoms with Crippen LogP contribution < -0.4 is 16.4 Å². The minimum absolute atomic E-state index is 0. The van der Waals surface area contributed by atoms with Crippen LogP contribution in [0.4, 0.5) is 0 Å². The number of nitrogens with two attached hydrogens (primary N) is 1. The van der Waals surface area contributed by atoms with Gasteiger partial charge in [0.2, 0.25) is 5.91 Å². The molecule has 1 amide bonds. The Labute approximate surface area is 145 Å². The predicted molar refractivity (Wildman–Crippen MR) is 98.1 cm³/mol. The zero-order chi connectivity index (χ0) is 15.4. The molecule has 0 saturated carbocycles. The second-order valence-corrected chi connectivity index (χ2v) is 5.27. The highest BCUT2D eigenvalue weighted by Gasteiger charge is 2.24. The summed E-state index contributed by atoms with van der Waals surface area (Å²) in [5, 5.41) is 6.39. The average molecular weight is 414 g/mol. The lowest BCUT2D eigenvalue weighted by Crippen LogP contribution is -2.40. The van der Waals surface area contributed by atoms with E-state index < -0.39 is 5.41 Å². The van der Waals surface area contributed by atoms with Crippen molar-refractivity contribution in [2.45, 2.75) is 40.5 Å². The molecule has 0 spiro atoms. The number of carbonyl (C=O) groups excluding carboxylic acids is 1. The first-order valence-corrected chi connectivity index (χ1v) is 7.33. The quantitative estimate of drug-likeness (QED) is 0.219. The van der Waals surface area contributed by atoms with Crippen LogP contribution in [-0.2, 0) is 9.53 Å². The third kappa shape index (κ3) is 11.7. The summed E-state index contributed by atoms with van der Waals surface area (Å²) in [5.74, 6) is 0.382. The number of hydrogen-bond donors (Lipinski definition) is 3. The standard InChI is InChI=1S/C14H30N4O2.HI/c1-5-16-13(17-9-7-8-10-20-6-2)18-11-14(3,4)12(15)19;/h5-11H2,1-4H3,(H2,15,19)(H2,16,17,18);1H. The van der Waals surface area contributed by atoms with Gasteiger partial charge in [0.1, 0.15) is 0 Å². The van der Waals surface area contributed by atoms with Crippen LogP contribution in [0.1, 0.15) is 40.5 Å². The molecule has 0 rings (SSSR count). The molecule has 0 aromatic heterocycles. The molecule has 0 bridgehead atoms. The molecule has 0 heterocycles. The average Bonchev–Trinajstić information content (AvgIpc) is 2.39. The van der Waals surface area contributed by atoms with Crippen LogP contribution in [-0.4, -0.2) is 44.7 Å². The number of ether oxygens (including phenoxy) is 1. The molecule has 21 heavy (non-hydrogen) atoms. The fourth-order valence-corrected chi connectivity index (χ4v) is 1.38. The number of nitrogens with one attached hydrogen (secondary N) is 2. The number of aliphatic imine (C=N–C) groups is 1. The Hall–Kier alpha value is -0.570. The van der Waals surface area contributed by atoms with E-state index in [2.05, 4.69) is 15.6 Å². The minimum Gasteiger partial charge on any atom is -0.382 e. The Morgan fingerprint density at radius 2 is 1.90 bits per heavy atom. The molecule has 0 atom stereocenters. The van der Waals surface area contributed by atoms with Crippen LogP contribution in [0.5, 0.6) is 0 Å². The Bertz CT molecular complexity index is 309. The van der Waals surface area contributed by atoms with Gasteiger partial charge in [-0.2, -0.15) is 0 Å². The molecule has 0 aromatic rings. The number of amides is 1. The lowest BCUT2D eigenvalue weighted by atomic mass is 9.93. The SMILES string of the molecule is CCNC(=NCC(C)(C)C(N)=O)NCCCCOCC.I. The van der Waals surface area contributed by atoms with Crippen LogP contribution in [0.15, 0.2) is 4.99 Å². The predicted octanol–water partition coefficient (Wildman–Crippen LogP) is 1.49. The van der Waals surface area contributed by atoms with E-state index in [1.807, 2.05) is 13.8 Å². The molecule has 0 radical (unpaired) electrons. The molecule has 4 N–H and O–H groups in total. The van der Waals surface area contributed by atoms with Gasteiger partial charge in [-0.1, -0.05) is 0 Å². The van der Waals surface area contributed by atoms with E-state index in [4.69, 9.17) is 10.5 Å². The first-order valence-electron chi connectivity index (χ1n) is 7.33. The minimum atomic E-state index is -0.628. The highest BCUT2D eigenvalue weighted by atomic mass is 127. The van der Waals surface area contributed by atoms with Crippen molar-refractivity contribution in [2.75, 3.05) is 32.8 Å². The highest BCUT2D eigenvalue weighted by Crippen LogP contribution is 2.13. The molecular weight excluding hydrogens is 383 g/mol. The van der Waals surface area contributed by atoms with E-state index in [9.17, 15) is 4.79 Å². The lowest BCUT2D eigenvalue weighted by molar-refractivity contribution is -0.125. The van der Waals surface area contributed by atoms with Crippen molar-refractivity contribution in [1.29, 1.82) is 0 Å². The summed E-state index contributed by atoms with van der Waals surface area (Å²) in [4.78, 5) is 15.7. The van der Waals surface area contributed by atoms with Gasteiger partial charge >= 0.3 is 0 Å². The van der Waals surface area contributed by atoms with Gasteiger partial charge < -0.3 is 21.1 Å². The molecule has 7 heteroatoms. The van der Waals surface area contributed by atoms with Gasteiger partial charge in [-0.05, 0) is 40.5 Å². The van der Waals surface area contributed by atoms with Crippen molar-refractivity contribution in [3.8, 4) is 0 Å². The van der Waals surface area contributed by atoms with Gasteiger partial charge in [0, 0.05) is 26.3 Å². The maximum absolute atomic E-state index is 11.3. The third-order valence-corrected chi connectivity index (χ3v) is 2.86. The fraction of sp³-hybridized carbons (Fsp3) is 0.857. The Kier molecular flexibility index (Phi) is 14.2. The molecule has 6 nitrogen and oxygen atoms in total. The van der Waals surface area contributed by atoms with E-state index in [0.29, 0.717) is 6.54 Å². The number of guanidine groups is 1. The summed E-state index contributed by atoms with van der Waals surface area (Å²) >= 11 is 0. The van der Waals surface area contributed by atoms with Gasteiger partial charge in [0.05, 0.1) is 12.0 Å². The van der Waals surface area contributed by atoms with Gasteiger partial charge in [-0.3, -0.25) is 9.79 Å². The summed E-state index contributed by atoms with van der Waals surface area (Å²) in [5.41, 5.74) is 4.71. The summed E-state index contributed by atoms with van der Waals surface area (Å²) in [6, 6.07) is 0. The number of halogens is 1. The number of rotatable bonds is 10. The molecule has 0 aliphatic heterocycles.